The van der Waals surface area contributed by atoms with E-state index in [4.69, 9.17) is 0 Å². The summed E-state index contributed by atoms with van der Waals surface area (Å²) in [6.45, 7) is 1.59. The standard InChI is InChI=1S/C15H12F3NO3/c1-8-6-10(12(11(20)7-8)14(21)22-2)9-4-3-5-19-13(9)15(16,17)18/h3-7,20H,1-2H3. The van der Waals surface area contributed by atoms with E-state index in [0.29, 0.717) is 5.56 Å². The summed E-state index contributed by atoms with van der Waals surface area (Å²) in [5.41, 5.74) is -1.34. The minimum Gasteiger partial charge on any atom is -0.507 e. The molecule has 1 aromatic heterocycles. The van der Waals surface area contributed by atoms with Gasteiger partial charge in [-0.1, -0.05) is 12.1 Å². The number of aromatic hydroxyl groups is 1. The van der Waals surface area contributed by atoms with Crippen LogP contribution in [0, 0.1) is 6.92 Å². The largest absolute Gasteiger partial charge is 0.507 e. The third-order valence-electron chi connectivity index (χ3n) is 3.02. The number of rotatable bonds is 2. The fourth-order valence-corrected chi connectivity index (χ4v) is 2.14. The van der Waals surface area contributed by atoms with Crippen LogP contribution in [0.2, 0.25) is 0 Å². The van der Waals surface area contributed by atoms with Gasteiger partial charge in [-0.05, 0) is 24.6 Å². The average molecular weight is 311 g/mol. The minimum atomic E-state index is -4.69. The zero-order valence-corrected chi connectivity index (χ0v) is 11.7. The topological polar surface area (TPSA) is 59.4 Å². The second-order valence-electron chi connectivity index (χ2n) is 4.60. The number of alkyl halides is 3. The van der Waals surface area contributed by atoms with Gasteiger partial charge < -0.3 is 9.84 Å². The van der Waals surface area contributed by atoms with E-state index in [-0.39, 0.29) is 16.7 Å². The second kappa shape index (κ2) is 5.67. The number of carbonyl (C=O) groups excluding carboxylic acids is 1. The number of ether oxygens (including phenoxy) is 1. The van der Waals surface area contributed by atoms with E-state index in [9.17, 15) is 23.1 Å². The van der Waals surface area contributed by atoms with Gasteiger partial charge in [0.2, 0.25) is 0 Å². The number of nitrogens with zero attached hydrogens (tertiary/aromatic N) is 1. The monoisotopic (exact) mass is 311 g/mol. The minimum absolute atomic E-state index is 0.0789. The SMILES string of the molecule is COC(=O)c1c(O)cc(C)cc1-c1cccnc1C(F)(F)F. The number of carbonyl (C=O) groups is 1. The lowest BCUT2D eigenvalue weighted by molar-refractivity contribution is -0.140. The Balaban J connectivity index is 2.81. The Morgan fingerprint density at radius 1 is 1.27 bits per heavy atom. The molecule has 0 aliphatic rings. The summed E-state index contributed by atoms with van der Waals surface area (Å²) < 4.78 is 43.9. The van der Waals surface area contributed by atoms with Gasteiger partial charge in [-0.15, -0.1) is 0 Å². The van der Waals surface area contributed by atoms with Gasteiger partial charge in [-0.3, -0.25) is 4.98 Å². The Labute approximate surface area is 124 Å². The number of phenols is 1. The summed E-state index contributed by atoms with van der Waals surface area (Å²) >= 11 is 0. The summed E-state index contributed by atoms with van der Waals surface area (Å²) in [5.74, 6) is -1.37. The van der Waals surface area contributed by atoms with Crippen LogP contribution >= 0.6 is 0 Å². The molecule has 0 radical (unpaired) electrons. The lowest BCUT2D eigenvalue weighted by atomic mass is 9.95. The molecule has 1 aromatic carbocycles. The van der Waals surface area contributed by atoms with Crippen LogP contribution < -0.4 is 0 Å². The highest BCUT2D eigenvalue weighted by molar-refractivity contribution is 6.00. The number of halogens is 3. The number of benzene rings is 1. The number of pyridine rings is 1. The lowest BCUT2D eigenvalue weighted by Gasteiger charge is -2.15. The van der Waals surface area contributed by atoms with Gasteiger partial charge in [0, 0.05) is 17.3 Å². The van der Waals surface area contributed by atoms with Crippen molar-refractivity contribution < 1.29 is 27.8 Å². The van der Waals surface area contributed by atoms with E-state index in [1.807, 2.05) is 0 Å². The Morgan fingerprint density at radius 3 is 2.55 bits per heavy atom. The molecule has 0 atom stereocenters. The van der Waals surface area contributed by atoms with Crippen molar-refractivity contribution in [1.82, 2.24) is 4.98 Å². The van der Waals surface area contributed by atoms with E-state index in [2.05, 4.69) is 9.72 Å². The summed E-state index contributed by atoms with van der Waals surface area (Å²) in [6.07, 6.45) is -3.68. The van der Waals surface area contributed by atoms with Crippen molar-refractivity contribution in [3.8, 4) is 16.9 Å². The van der Waals surface area contributed by atoms with E-state index < -0.39 is 23.6 Å². The summed E-state index contributed by atoms with van der Waals surface area (Å²) in [7, 11) is 1.08. The molecule has 0 spiro atoms. The summed E-state index contributed by atoms with van der Waals surface area (Å²) in [5, 5.41) is 9.93. The number of aryl methyl sites for hydroxylation is 1. The molecule has 116 valence electrons. The van der Waals surface area contributed by atoms with Crippen molar-refractivity contribution in [3.05, 3.63) is 47.3 Å². The molecular weight excluding hydrogens is 299 g/mol. The van der Waals surface area contributed by atoms with Crippen LogP contribution in [-0.4, -0.2) is 23.2 Å². The maximum Gasteiger partial charge on any atom is 0.433 e. The van der Waals surface area contributed by atoms with E-state index in [1.54, 1.807) is 6.92 Å². The molecule has 7 heteroatoms. The normalized spacial score (nSPS) is 11.3. The Morgan fingerprint density at radius 2 is 1.95 bits per heavy atom. The third-order valence-corrected chi connectivity index (χ3v) is 3.02. The first-order chi connectivity index (χ1) is 10.3. The molecule has 2 rings (SSSR count). The molecule has 0 aliphatic heterocycles. The molecule has 1 heterocycles. The molecule has 22 heavy (non-hydrogen) atoms. The van der Waals surface area contributed by atoms with Gasteiger partial charge in [-0.25, -0.2) is 4.79 Å². The fourth-order valence-electron chi connectivity index (χ4n) is 2.14. The van der Waals surface area contributed by atoms with Gasteiger partial charge in [0.05, 0.1) is 7.11 Å². The van der Waals surface area contributed by atoms with Crippen LogP contribution in [0.25, 0.3) is 11.1 Å². The second-order valence-corrected chi connectivity index (χ2v) is 4.60. The highest BCUT2D eigenvalue weighted by Gasteiger charge is 2.36. The van der Waals surface area contributed by atoms with Crippen LogP contribution in [0.1, 0.15) is 21.6 Å². The lowest BCUT2D eigenvalue weighted by Crippen LogP contribution is -2.12. The Bertz CT molecular complexity index is 726. The number of aromatic nitrogens is 1. The Hall–Kier alpha value is -2.57. The van der Waals surface area contributed by atoms with Crippen LogP contribution in [0.3, 0.4) is 0 Å². The highest BCUT2D eigenvalue weighted by Crippen LogP contribution is 2.39. The Kier molecular flexibility index (Phi) is 4.07. The quantitative estimate of drug-likeness (QED) is 0.861. The molecule has 0 saturated carbocycles. The zero-order chi connectivity index (χ0) is 16.5. The van der Waals surface area contributed by atoms with Crippen LogP contribution in [0.4, 0.5) is 13.2 Å². The van der Waals surface area contributed by atoms with Crippen molar-refractivity contribution in [2.75, 3.05) is 7.11 Å². The van der Waals surface area contributed by atoms with Crippen molar-refractivity contribution in [2.45, 2.75) is 13.1 Å². The van der Waals surface area contributed by atoms with Gasteiger partial charge in [0.25, 0.3) is 0 Å². The molecule has 0 amide bonds. The number of methoxy groups -OCH3 is 1. The van der Waals surface area contributed by atoms with Gasteiger partial charge in [0.1, 0.15) is 11.3 Å². The fraction of sp³-hybridized carbons (Fsp3) is 0.200. The number of phenolic OH excluding ortho intramolecular Hbond substituents is 1. The predicted molar refractivity (Wildman–Crippen MR) is 72.4 cm³/mol. The number of hydrogen-bond donors (Lipinski definition) is 1. The first-order valence-corrected chi connectivity index (χ1v) is 6.20. The maximum atomic E-state index is 13.1. The number of esters is 1. The first-order valence-electron chi connectivity index (χ1n) is 6.20. The van der Waals surface area contributed by atoms with Crippen molar-refractivity contribution in [1.29, 1.82) is 0 Å². The van der Waals surface area contributed by atoms with E-state index >= 15 is 0 Å². The molecule has 1 N–H and O–H groups in total. The molecule has 4 nitrogen and oxygen atoms in total. The van der Waals surface area contributed by atoms with Gasteiger partial charge >= 0.3 is 12.1 Å². The zero-order valence-electron chi connectivity index (χ0n) is 11.7. The maximum absolute atomic E-state index is 13.1. The van der Waals surface area contributed by atoms with Crippen molar-refractivity contribution in [3.63, 3.8) is 0 Å². The average Bonchev–Trinajstić information content (AvgIpc) is 2.45. The molecule has 0 aliphatic carbocycles. The molecule has 0 saturated heterocycles. The van der Waals surface area contributed by atoms with E-state index in [1.165, 1.54) is 24.3 Å². The van der Waals surface area contributed by atoms with Crippen LogP contribution in [0.15, 0.2) is 30.5 Å². The predicted octanol–water partition coefficient (Wildman–Crippen LogP) is 3.57. The molecule has 2 aromatic rings. The molecular formula is C15H12F3NO3. The number of hydrogen-bond acceptors (Lipinski definition) is 4. The molecule has 0 unspecified atom stereocenters. The third kappa shape index (κ3) is 2.88. The van der Waals surface area contributed by atoms with Crippen LogP contribution in [0.5, 0.6) is 5.75 Å². The van der Waals surface area contributed by atoms with Gasteiger partial charge in [-0.2, -0.15) is 13.2 Å². The highest BCUT2D eigenvalue weighted by atomic mass is 19.4. The first kappa shape index (κ1) is 15.8. The van der Waals surface area contributed by atoms with E-state index in [0.717, 1.165) is 13.3 Å². The van der Waals surface area contributed by atoms with Crippen molar-refractivity contribution >= 4 is 5.97 Å². The summed E-state index contributed by atoms with van der Waals surface area (Å²) in [6, 6.07) is 5.17. The smallest absolute Gasteiger partial charge is 0.433 e. The molecule has 0 bridgehead atoms. The molecule has 0 fully saturated rings. The van der Waals surface area contributed by atoms with Crippen LogP contribution in [-0.2, 0) is 10.9 Å². The van der Waals surface area contributed by atoms with Gasteiger partial charge in [0.15, 0.2) is 5.69 Å². The summed E-state index contributed by atoms with van der Waals surface area (Å²) in [4.78, 5) is 15.2. The van der Waals surface area contributed by atoms with Crippen molar-refractivity contribution in [2.24, 2.45) is 0 Å².